The zero-order valence-electron chi connectivity index (χ0n) is 15.3. The SMILES string of the molecule is I.NC(=NCCCN1CCOCC1)Nc1cccc(Oc2ccccc2)c1. The van der Waals surface area contributed by atoms with E-state index in [1.165, 1.54) is 0 Å². The van der Waals surface area contributed by atoms with E-state index in [-0.39, 0.29) is 24.0 Å². The molecule has 0 aromatic heterocycles. The Morgan fingerprint density at radius 1 is 1.07 bits per heavy atom. The van der Waals surface area contributed by atoms with E-state index in [9.17, 15) is 0 Å². The van der Waals surface area contributed by atoms with Gasteiger partial charge in [-0.05, 0) is 30.7 Å². The van der Waals surface area contributed by atoms with Crippen molar-refractivity contribution in [3.63, 3.8) is 0 Å². The maximum atomic E-state index is 5.99. The van der Waals surface area contributed by atoms with Crippen LogP contribution in [0.4, 0.5) is 5.69 Å². The number of rotatable bonds is 7. The normalized spacial score (nSPS) is 15.0. The second kappa shape index (κ2) is 11.8. The van der Waals surface area contributed by atoms with Gasteiger partial charge in [0.05, 0.1) is 13.2 Å². The van der Waals surface area contributed by atoms with Crippen molar-refractivity contribution in [1.29, 1.82) is 0 Å². The minimum Gasteiger partial charge on any atom is -0.457 e. The molecule has 0 unspecified atom stereocenters. The van der Waals surface area contributed by atoms with Gasteiger partial charge in [-0.25, -0.2) is 0 Å². The van der Waals surface area contributed by atoms with Crippen LogP contribution in [0.5, 0.6) is 11.5 Å². The number of nitrogens with two attached hydrogens (primary N) is 1. The first kappa shape index (κ1) is 21.5. The monoisotopic (exact) mass is 482 g/mol. The number of hydrogen-bond acceptors (Lipinski definition) is 4. The first-order chi connectivity index (χ1) is 12.8. The van der Waals surface area contributed by atoms with Gasteiger partial charge >= 0.3 is 0 Å². The van der Waals surface area contributed by atoms with Crippen molar-refractivity contribution in [2.24, 2.45) is 10.7 Å². The summed E-state index contributed by atoms with van der Waals surface area (Å²) in [6.07, 6.45) is 0.986. The molecule has 0 saturated carbocycles. The molecule has 1 aliphatic heterocycles. The van der Waals surface area contributed by atoms with Crippen LogP contribution in [0.3, 0.4) is 0 Å². The summed E-state index contributed by atoms with van der Waals surface area (Å²) in [6, 6.07) is 17.4. The van der Waals surface area contributed by atoms with Gasteiger partial charge in [0.1, 0.15) is 11.5 Å². The van der Waals surface area contributed by atoms with Crippen molar-refractivity contribution >= 4 is 35.6 Å². The quantitative estimate of drug-likeness (QED) is 0.274. The second-order valence-electron chi connectivity index (χ2n) is 6.14. The minimum atomic E-state index is 0. The summed E-state index contributed by atoms with van der Waals surface area (Å²) in [5.41, 5.74) is 6.85. The second-order valence-corrected chi connectivity index (χ2v) is 6.14. The van der Waals surface area contributed by atoms with E-state index in [1.807, 2.05) is 54.6 Å². The van der Waals surface area contributed by atoms with Crippen LogP contribution in [0.25, 0.3) is 0 Å². The van der Waals surface area contributed by atoms with Gasteiger partial charge in [-0.2, -0.15) is 0 Å². The summed E-state index contributed by atoms with van der Waals surface area (Å²) in [4.78, 5) is 6.80. The Balaban J connectivity index is 0.00000261. The molecule has 27 heavy (non-hydrogen) atoms. The molecule has 0 amide bonds. The lowest BCUT2D eigenvalue weighted by molar-refractivity contribution is 0.0377. The summed E-state index contributed by atoms with van der Waals surface area (Å²) < 4.78 is 11.2. The van der Waals surface area contributed by atoms with Crippen LogP contribution in [0, 0.1) is 0 Å². The smallest absolute Gasteiger partial charge is 0.193 e. The number of nitrogens with one attached hydrogen (secondary N) is 1. The summed E-state index contributed by atoms with van der Waals surface area (Å²) >= 11 is 0. The van der Waals surface area contributed by atoms with E-state index in [4.69, 9.17) is 15.2 Å². The molecule has 1 fully saturated rings. The molecule has 0 bridgehead atoms. The highest BCUT2D eigenvalue weighted by Crippen LogP contribution is 2.23. The Bertz CT molecular complexity index is 706. The molecular formula is C20H27IN4O2. The Morgan fingerprint density at radius 2 is 1.81 bits per heavy atom. The van der Waals surface area contributed by atoms with Crippen LogP contribution >= 0.6 is 24.0 Å². The molecule has 0 spiro atoms. The number of halogens is 1. The highest BCUT2D eigenvalue weighted by molar-refractivity contribution is 14.0. The zero-order valence-corrected chi connectivity index (χ0v) is 17.7. The van der Waals surface area contributed by atoms with Gasteiger partial charge in [0.2, 0.25) is 0 Å². The molecule has 7 heteroatoms. The fourth-order valence-electron chi connectivity index (χ4n) is 2.77. The first-order valence-corrected chi connectivity index (χ1v) is 8.99. The zero-order chi connectivity index (χ0) is 18.0. The molecule has 6 nitrogen and oxygen atoms in total. The Hall–Kier alpha value is -1.84. The molecule has 2 aromatic carbocycles. The molecule has 0 aliphatic carbocycles. The number of morpholine rings is 1. The average Bonchev–Trinajstić information content (AvgIpc) is 2.67. The standard InChI is InChI=1S/C20H26N4O2.HI/c21-20(22-10-5-11-24-12-14-25-15-13-24)23-17-6-4-9-19(16-17)26-18-7-2-1-3-8-18;/h1-4,6-9,16H,5,10-15H2,(H3,21,22,23);1H. The summed E-state index contributed by atoms with van der Waals surface area (Å²) in [5, 5.41) is 3.12. The van der Waals surface area contributed by atoms with E-state index in [0.717, 1.165) is 56.5 Å². The third-order valence-electron chi connectivity index (χ3n) is 4.10. The van der Waals surface area contributed by atoms with Gasteiger partial charge in [-0.3, -0.25) is 9.89 Å². The molecule has 2 aromatic rings. The van der Waals surface area contributed by atoms with Gasteiger partial charge in [0.15, 0.2) is 5.96 Å². The topological polar surface area (TPSA) is 72.1 Å². The summed E-state index contributed by atoms with van der Waals surface area (Å²) in [7, 11) is 0. The predicted molar refractivity (Wildman–Crippen MR) is 120 cm³/mol. The number of benzene rings is 2. The fraction of sp³-hybridized carbons (Fsp3) is 0.350. The van der Waals surface area contributed by atoms with Crippen molar-refractivity contribution in [2.75, 3.05) is 44.7 Å². The van der Waals surface area contributed by atoms with Crippen molar-refractivity contribution in [1.82, 2.24) is 4.90 Å². The molecule has 1 heterocycles. The molecule has 1 aliphatic rings. The molecule has 0 atom stereocenters. The third kappa shape index (κ3) is 7.74. The lowest BCUT2D eigenvalue weighted by atomic mass is 10.3. The average molecular weight is 482 g/mol. The first-order valence-electron chi connectivity index (χ1n) is 8.99. The predicted octanol–water partition coefficient (Wildman–Crippen LogP) is 3.55. The van der Waals surface area contributed by atoms with Gasteiger partial charge in [-0.1, -0.05) is 24.3 Å². The number of ether oxygens (including phenoxy) is 2. The van der Waals surface area contributed by atoms with Crippen LogP contribution in [-0.4, -0.2) is 50.3 Å². The number of aliphatic imine (C=N–C) groups is 1. The maximum absolute atomic E-state index is 5.99. The lowest BCUT2D eigenvalue weighted by Gasteiger charge is -2.26. The largest absolute Gasteiger partial charge is 0.457 e. The van der Waals surface area contributed by atoms with Gasteiger partial charge in [-0.15, -0.1) is 24.0 Å². The Labute approximate surface area is 177 Å². The van der Waals surface area contributed by atoms with E-state index < -0.39 is 0 Å². The van der Waals surface area contributed by atoms with Crippen LogP contribution in [0.1, 0.15) is 6.42 Å². The lowest BCUT2D eigenvalue weighted by Crippen LogP contribution is -2.37. The van der Waals surface area contributed by atoms with E-state index >= 15 is 0 Å². The highest BCUT2D eigenvalue weighted by atomic mass is 127. The van der Waals surface area contributed by atoms with Crippen LogP contribution in [0.2, 0.25) is 0 Å². The molecule has 146 valence electrons. The number of anilines is 1. The van der Waals surface area contributed by atoms with E-state index in [1.54, 1.807) is 0 Å². The van der Waals surface area contributed by atoms with E-state index in [0.29, 0.717) is 12.5 Å². The molecule has 1 saturated heterocycles. The fourth-order valence-corrected chi connectivity index (χ4v) is 2.77. The summed E-state index contributed by atoms with van der Waals surface area (Å²) in [6.45, 7) is 5.40. The van der Waals surface area contributed by atoms with Crippen molar-refractivity contribution in [3.05, 3.63) is 54.6 Å². The summed E-state index contributed by atoms with van der Waals surface area (Å²) in [5.74, 6) is 1.97. The van der Waals surface area contributed by atoms with Crippen LogP contribution in [-0.2, 0) is 4.74 Å². The number of hydrogen-bond donors (Lipinski definition) is 2. The molecular weight excluding hydrogens is 455 g/mol. The van der Waals surface area contributed by atoms with Crippen molar-refractivity contribution in [2.45, 2.75) is 6.42 Å². The van der Waals surface area contributed by atoms with Gasteiger partial charge in [0, 0.05) is 37.9 Å². The molecule has 3 N–H and O–H groups in total. The van der Waals surface area contributed by atoms with Crippen molar-refractivity contribution < 1.29 is 9.47 Å². The number of para-hydroxylation sites is 1. The van der Waals surface area contributed by atoms with Crippen LogP contribution < -0.4 is 15.8 Å². The maximum Gasteiger partial charge on any atom is 0.193 e. The molecule has 0 radical (unpaired) electrons. The Morgan fingerprint density at radius 3 is 2.59 bits per heavy atom. The third-order valence-corrected chi connectivity index (χ3v) is 4.10. The van der Waals surface area contributed by atoms with Crippen molar-refractivity contribution in [3.8, 4) is 11.5 Å². The van der Waals surface area contributed by atoms with Crippen LogP contribution in [0.15, 0.2) is 59.6 Å². The molecule has 3 rings (SSSR count). The van der Waals surface area contributed by atoms with E-state index in [2.05, 4.69) is 15.2 Å². The van der Waals surface area contributed by atoms with Gasteiger partial charge in [0.25, 0.3) is 0 Å². The highest BCUT2D eigenvalue weighted by Gasteiger charge is 2.08. The number of guanidine groups is 1. The Kier molecular flexibility index (Phi) is 9.37. The minimum absolute atomic E-state index is 0. The number of nitrogens with zero attached hydrogens (tertiary/aromatic N) is 2. The van der Waals surface area contributed by atoms with Gasteiger partial charge < -0.3 is 20.5 Å².